The van der Waals surface area contributed by atoms with E-state index < -0.39 is 0 Å². The Morgan fingerprint density at radius 3 is 2.38 bits per heavy atom. The number of methoxy groups -OCH3 is 2. The molecule has 0 spiro atoms. The molecule has 0 unspecified atom stereocenters. The predicted octanol–water partition coefficient (Wildman–Crippen LogP) is 6.13. The third-order valence-electron chi connectivity index (χ3n) is 7.13. The number of carbonyl (C=O) groups is 1. The fraction of sp³-hybridized carbons (Fsp3) is 0.161. The maximum Gasteiger partial charge on any atom is 0.323 e. The van der Waals surface area contributed by atoms with Gasteiger partial charge < -0.3 is 24.3 Å². The summed E-state index contributed by atoms with van der Waals surface area (Å²) in [6.07, 6.45) is 2.03. The van der Waals surface area contributed by atoms with Crippen LogP contribution in [-0.4, -0.2) is 39.5 Å². The summed E-state index contributed by atoms with van der Waals surface area (Å²) in [4.78, 5) is 16.0. The molecule has 2 aromatic heterocycles. The number of urea groups is 1. The third-order valence-corrected chi connectivity index (χ3v) is 7.13. The number of nitrogens with one attached hydrogen (secondary N) is 1. The molecule has 6 rings (SSSR count). The van der Waals surface area contributed by atoms with Gasteiger partial charge in [-0.1, -0.05) is 42.5 Å². The molecule has 3 aromatic carbocycles. The molecule has 5 aromatic rings. The zero-order valence-corrected chi connectivity index (χ0v) is 22.0. The highest BCUT2D eigenvalue weighted by Gasteiger charge is 2.36. The van der Waals surface area contributed by atoms with Crippen LogP contribution in [0.3, 0.4) is 0 Å². The van der Waals surface area contributed by atoms with E-state index in [2.05, 4.69) is 16.0 Å². The van der Waals surface area contributed by atoms with E-state index in [1.165, 1.54) is 0 Å². The van der Waals surface area contributed by atoms with E-state index in [1.807, 2.05) is 108 Å². The second kappa shape index (κ2) is 10.1. The number of anilines is 1. The van der Waals surface area contributed by atoms with Crippen molar-refractivity contribution in [1.82, 2.24) is 19.2 Å². The van der Waals surface area contributed by atoms with Gasteiger partial charge in [0.1, 0.15) is 17.3 Å². The number of rotatable bonds is 5. The van der Waals surface area contributed by atoms with Crippen LogP contribution in [-0.2, 0) is 6.54 Å². The Balaban J connectivity index is 1.53. The van der Waals surface area contributed by atoms with Crippen LogP contribution < -0.4 is 14.8 Å². The van der Waals surface area contributed by atoms with Crippen LogP contribution in [0.1, 0.15) is 28.6 Å². The van der Waals surface area contributed by atoms with E-state index >= 15 is 0 Å². The molecule has 1 N–H and O–H groups in total. The Hall–Kier alpha value is -4.98. The van der Waals surface area contributed by atoms with Crippen molar-refractivity contribution in [3.05, 3.63) is 120 Å². The molecule has 8 heteroatoms. The second-order valence-electron chi connectivity index (χ2n) is 9.37. The zero-order valence-electron chi connectivity index (χ0n) is 22.0. The van der Waals surface area contributed by atoms with Crippen molar-refractivity contribution in [2.75, 3.05) is 19.5 Å². The highest BCUT2D eigenvalue weighted by Crippen LogP contribution is 2.39. The van der Waals surface area contributed by atoms with Crippen molar-refractivity contribution >= 4 is 11.7 Å². The largest absolute Gasteiger partial charge is 0.497 e. The van der Waals surface area contributed by atoms with Gasteiger partial charge in [0.05, 0.1) is 49.6 Å². The third kappa shape index (κ3) is 4.29. The van der Waals surface area contributed by atoms with E-state index in [4.69, 9.17) is 14.6 Å². The first-order valence-electron chi connectivity index (χ1n) is 12.7. The van der Waals surface area contributed by atoms with Gasteiger partial charge in [-0.2, -0.15) is 5.10 Å². The molecule has 39 heavy (non-hydrogen) atoms. The van der Waals surface area contributed by atoms with Gasteiger partial charge in [-0.3, -0.25) is 0 Å². The maximum atomic E-state index is 14.1. The Labute approximate surface area is 227 Å². The Bertz CT molecular complexity index is 1620. The Kier molecular flexibility index (Phi) is 6.28. The molecule has 1 atom stereocenters. The topological polar surface area (TPSA) is 73.5 Å². The minimum absolute atomic E-state index is 0.243. The lowest BCUT2D eigenvalue weighted by atomic mass is 10.0. The summed E-state index contributed by atoms with van der Waals surface area (Å²) in [6.45, 7) is 2.35. The lowest BCUT2D eigenvalue weighted by Gasteiger charge is -2.31. The fourth-order valence-electron chi connectivity index (χ4n) is 5.22. The summed E-state index contributed by atoms with van der Waals surface area (Å²) in [5, 5.41) is 8.00. The van der Waals surface area contributed by atoms with Crippen molar-refractivity contribution in [2.45, 2.75) is 19.5 Å². The molecule has 0 fully saturated rings. The molecule has 1 aliphatic heterocycles. The number of carbonyl (C=O) groups excluding carboxylic acids is 1. The van der Waals surface area contributed by atoms with Crippen LogP contribution in [0.25, 0.3) is 11.5 Å². The molecule has 0 aliphatic carbocycles. The summed E-state index contributed by atoms with van der Waals surface area (Å²) in [7, 11) is 3.24. The van der Waals surface area contributed by atoms with Crippen molar-refractivity contribution in [3.63, 3.8) is 0 Å². The highest BCUT2D eigenvalue weighted by atomic mass is 16.5. The number of aromatic nitrogens is 3. The predicted molar refractivity (Wildman–Crippen MR) is 150 cm³/mol. The quantitative estimate of drug-likeness (QED) is 0.303. The van der Waals surface area contributed by atoms with Gasteiger partial charge in [-0.25, -0.2) is 9.48 Å². The molecule has 8 nitrogen and oxygen atoms in total. The number of hydrogen-bond acceptors (Lipinski definition) is 4. The summed E-state index contributed by atoms with van der Waals surface area (Å²) in [5.41, 5.74) is 5.31. The number of nitrogens with zero attached hydrogens (tertiary/aromatic N) is 4. The first kappa shape index (κ1) is 24.4. The zero-order chi connectivity index (χ0) is 26.9. The molecule has 0 saturated heterocycles. The summed E-state index contributed by atoms with van der Waals surface area (Å²) in [5.74, 6) is 2.27. The van der Waals surface area contributed by atoms with Crippen LogP contribution in [0, 0.1) is 6.92 Å². The summed E-state index contributed by atoms with van der Waals surface area (Å²) >= 11 is 0. The van der Waals surface area contributed by atoms with Crippen LogP contribution in [0.15, 0.2) is 97.2 Å². The van der Waals surface area contributed by atoms with E-state index in [0.29, 0.717) is 18.0 Å². The smallest absolute Gasteiger partial charge is 0.323 e. The number of hydrogen-bond donors (Lipinski definition) is 1. The Morgan fingerprint density at radius 1 is 0.897 bits per heavy atom. The first-order valence-corrected chi connectivity index (χ1v) is 12.7. The number of aryl methyl sites for hydroxylation is 1. The van der Waals surface area contributed by atoms with Gasteiger partial charge in [0, 0.05) is 11.8 Å². The van der Waals surface area contributed by atoms with Gasteiger partial charge in [-0.05, 0) is 61.0 Å². The summed E-state index contributed by atoms with van der Waals surface area (Å²) < 4.78 is 15.0. The van der Waals surface area contributed by atoms with Gasteiger partial charge in [0.25, 0.3) is 0 Å². The van der Waals surface area contributed by atoms with Crippen molar-refractivity contribution in [1.29, 1.82) is 0 Å². The van der Waals surface area contributed by atoms with Crippen molar-refractivity contribution in [3.8, 4) is 23.0 Å². The van der Waals surface area contributed by atoms with E-state index in [-0.39, 0.29) is 12.1 Å². The lowest BCUT2D eigenvalue weighted by Crippen LogP contribution is -2.38. The normalized spacial score (nSPS) is 14.2. The average Bonchev–Trinajstić information content (AvgIpc) is 3.54. The summed E-state index contributed by atoms with van der Waals surface area (Å²) in [6, 6.07) is 28.8. The number of benzene rings is 3. The van der Waals surface area contributed by atoms with E-state index in [9.17, 15) is 4.79 Å². The molecule has 2 amide bonds. The van der Waals surface area contributed by atoms with Crippen LogP contribution in [0.4, 0.5) is 10.5 Å². The van der Waals surface area contributed by atoms with Crippen LogP contribution in [0.2, 0.25) is 0 Å². The fourth-order valence-corrected chi connectivity index (χ4v) is 5.22. The molecule has 0 bridgehead atoms. The molecule has 3 heterocycles. The van der Waals surface area contributed by atoms with Gasteiger partial charge in [0.2, 0.25) is 0 Å². The number of para-hydroxylation sites is 3. The molecular weight excluding hydrogens is 490 g/mol. The molecule has 196 valence electrons. The van der Waals surface area contributed by atoms with Gasteiger partial charge in [0.15, 0.2) is 0 Å². The maximum absolute atomic E-state index is 14.1. The molecule has 1 aliphatic rings. The standard InChI is InChI=1S/C31H29N5O3/c1-21-25-20-35(31(37)32-26-12-7-8-14-28(26)39-3)29(22-15-17-24(38-2)18-16-22)27-13-9-19-34(27)30(25)36(33-21)23-10-5-4-6-11-23/h4-19,29H,20H2,1-3H3,(H,32,37)/t29-/m1/s1. The minimum atomic E-state index is -0.378. The van der Waals surface area contributed by atoms with Gasteiger partial charge in [-0.15, -0.1) is 0 Å². The van der Waals surface area contributed by atoms with Crippen molar-refractivity contribution in [2.24, 2.45) is 0 Å². The first-order chi connectivity index (χ1) is 19.1. The highest BCUT2D eigenvalue weighted by molar-refractivity contribution is 5.91. The number of fused-ring (bicyclic) bond motifs is 3. The van der Waals surface area contributed by atoms with Crippen molar-refractivity contribution < 1.29 is 14.3 Å². The number of amides is 2. The molecule has 0 radical (unpaired) electrons. The SMILES string of the molecule is COc1ccc([C@@H]2c3cccn3-c3c(c(C)nn3-c3ccccc3)CN2C(=O)Nc2ccccc2OC)cc1. The molecular formula is C31H29N5O3. The van der Waals surface area contributed by atoms with Gasteiger partial charge >= 0.3 is 6.03 Å². The minimum Gasteiger partial charge on any atom is -0.497 e. The molecule has 0 saturated carbocycles. The second-order valence-corrected chi connectivity index (χ2v) is 9.37. The lowest BCUT2D eigenvalue weighted by molar-refractivity contribution is 0.194. The van der Waals surface area contributed by atoms with E-state index in [1.54, 1.807) is 14.2 Å². The van der Waals surface area contributed by atoms with Crippen LogP contribution >= 0.6 is 0 Å². The number of ether oxygens (including phenoxy) is 2. The Morgan fingerprint density at radius 2 is 1.64 bits per heavy atom. The van der Waals surface area contributed by atoms with Crippen LogP contribution in [0.5, 0.6) is 11.5 Å². The average molecular weight is 520 g/mol. The van der Waals surface area contributed by atoms with E-state index in [0.717, 1.165) is 39.8 Å². The monoisotopic (exact) mass is 519 g/mol.